The molecule has 0 unspecified atom stereocenters. The minimum atomic E-state index is 0.0389. The first-order valence-corrected chi connectivity index (χ1v) is 9.26. The van der Waals surface area contributed by atoms with Crippen LogP contribution in [0.4, 0.5) is 5.13 Å². The number of fused-ring (bicyclic) bond motifs is 1. The molecule has 2 aromatic heterocycles. The number of likely N-dealkylation sites (N-methyl/N-ethyl adjacent to an activating group) is 1. The standard InChI is InChI=1S/C17H19N3OS2/c1-12-6-7-13-15(11-12)23-17(18-13)20(9-8-19(2)3)16(21)14-5-4-10-22-14/h4-7,10-11H,8-9H2,1-3H3/p+1. The fourth-order valence-corrected chi connectivity index (χ4v) is 4.05. The van der Waals surface area contributed by atoms with Crippen molar-refractivity contribution in [2.24, 2.45) is 0 Å². The smallest absolute Gasteiger partial charge is 0.270 e. The van der Waals surface area contributed by atoms with E-state index in [-0.39, 0.29) is 5.91 Å². The number of nitrogens with zero attached hydrogens (tertiary/aromatic N) is 2. The number of aryl methyl sites for hydroxylation is 1. The molecule has 120 valence electrons. The zero-order valence-corrected chi connectivity index (χ0v) is 15.1. The van der Waals surface area contributed by atoms with Gasteiger partial charge in [0.2, 0.25) is 0 Å². The quantitative estimate of drug-likeness (QED) is 0.771. The molecule has 0 radical (unpaired) electrons. The summed E-state index contributed by atoms with van der Waals surface area (Å²) < 4.78 is 1.13. The summed E-state index contributed by atoms with van der Waals surface area (Å²) in [5, 5.41) is 2.72. The number of thiophene rings is 1. The highest BCUT2D eigenvalue weighted by atomic mass is 32.1. The number of anilines is 1. The van der Waals surface area contributed by atoms with Gasteiger partial charge in [0, 0.05) is 0 Å². The van der Waals surface area contributed by atoms with Crippen molar-refractivity contribution in [1.82, 2.24) is 4.98 Å². The molecule has 2 heterocycles. The molecule has 0 fully saturated rings. The molecule has 6 heteroatoms. The Kier molecular flexibility index (Phi) is 4.75. The zero-order valence-electron chi connectivity index (χ0n) is 13.5. The minimum Gasteiger partial charge on any atom is -0.338 e. The van der Waals surface area contributed by atoms with Crippen LogP contribution in [0.25, 0.3) is 10.2 Å². The van der Waals surface area contributed by atoms with E-state index in [4.69, 9.17) is 0 Å². The summed E-state index contributed by atoms with van der Waals surface area (Å²) in [5.41, 5.74) is 2.17. The van der Waals surface area contributed by atoms with Gasteiger partial charge in [-0.2, -0.15) is 0 Å². The highest BCUT2D eigenvalue weighted by Crippen LogP contribution is 2.30. The predicted molar refractivity (Wildman–Crippen MR) is 98.0 cm³/mol. The maximum Gasteiger partial charge on any atom is 0.270 e. The number of hydrogen-bond donors (Lipinski definition) is 1. The molecule has 1 N–H and O–H groups in total. The van der Waals surface area contributed by atoms with Crippen LogP contribution in [-0.4, -0.2) is 38.1 Å². The molecule has 0 spiro atoms. The molecule has 3 rings (SSSR count). The summed E-state index contributed by atoms with van der Waals surface area (Å²) >= 11 is 3.06. The van der Waals surface area contributed by atoms with Crippen molar-refractivity contribution in [1.29, 1.82) is 0 Å². The average molecular weight is 347 g/mol. The van der Waals surface area contributed by atoms with Crippen molar-refractivity contribution in [3.63, 3.8) is 0 Å². The highest BCUT2D eigenvalue weighted by Gasteiger charge is 2.22. The second-order valence-electron chi connectivity index (χ2n) is 5.86. The molecule has 1 aromatic carbocycles. The topological polar surface area (TPSA) is 37.6 Å². The Labute approximate surface area is 144 Å². The lowest BCUT2D eigenvalue weighted by atomic mass is 10.2. The predicted octanol–water partition coefficient (Wildman–Crippen LogP) is 2.46. The van der Waals surface area contributed by atoms with E-state index in [1.165, 1.54) is 21.8 Å². The van der Waals surface area contributed by atoms with Crippen molar-refractivity contribution >= 4 is 43.9 Å². The van der Waals surface area contributed by atoms with Crippen LogP contribution in [0.5, 0.6) is 0 Å². The number of amides is 1. The normalized spacial score (nSPS) is 11.3. The Morgan fingerprint density at radius 1 is 1.30 bits per heavy atom. The molecule has 4 nitrogen and oxygen atoms in total. The highest BCUT2D eigenvalue weighted by molar-refractivity contribution is 7.22. The van der Waals surface area contributed by atoms with Crippen LogP contribution in [-0.2, 0) is 0 Å². The monoisotopic (exact) mass is 346 g/mol. The van der Waals surface area contributed by atoms with E-state index in [1.54, 1.807) is 11.3 Å². The molecular formula is C17H20N3OS2+. The van der Waals surface area contributed by atoms with E-state index in [9.17, 15) is 4.79 Å². The first kappa shape index (κ1) is 16.1. The number of thiazole rings is 1. The van der Waals surface area contributed by atoms with E-state index in [0.717, 1.165) is 26.8 Å². The number of carbonyl (C=O) groups is 1. The van der Waals surface area contributed by atoms with Crippen LogP contribution >= 0.6 is 22.7 Å². The summed E-state index contributed by atoms with van der Waals surface area (Å²) in [4.78, 5) is 21.4. The van der Waals surface area contributed by atoms with Crippen molar-refractivity contribution < 1.29 is 9.69 Å². The van der Waals surface area contributed by atoms with Gasteiger partial charge in [0.1, 0.15) is 0 Å². The largest absolute Gasteiger partial charge is 0.338 e. The number of aromatic nitrogens is 1. The van der Waals surface area contributed by atoms with Crippen LogP contribution in [0.2, 0.25) is 0 Å². The van der Waals surface area contributed by atoms with Gasteiger partial charge in [-0.1, -0.05) is 23.5 Å². The van der Waals surface area contributed by atoms with Gasteiger partial charge < -0.3 is 4.90 Å². The van der Waals surface area contributed by atoms with Gasteiger partial charge in [-0.05, 0) is 36.1 Å². The molecule has 3 aromatic rings. The SMILES string of the molecule is Cc1ccc2nc(N(CC[NH+](C)C)C(=O)c3cccs3)sc2c1. The summed E-state index contributed by atoms with van der Waals surface area (Å²) in [5.74, 6) is 0.0389. The maximum absolute atomic E-state index is 12.9. The van der Waals surface area contributed by atoms with Gasteiger partial charge in [0.25, 0.3) is 5.91 Å². The average Bonchev–Trinajstić information content (AvgIpc) is 3.15. The van der Waals surface area contributed by atoms with Crippen LogP contribution in [0.15, 0.2) is 35.7 Å². The molecule has 23 heavy (non-hydrogen) atoms. The third-order valence-electron chi connectivity index (χ3n) is 3.58. The van der Waals surface area contributed by atoms with Crippen LogP contribution in [0, 0.1) is 6.92 Å². The third-order valence-corrected chi connectivity index (χ3v) is 5.48. The lowest BCUT2D eigenvalue weighted by molar-refractivity contribution is -0.856. The molecule has 0 aliphatic carbocycles. The van der Waals surface area contributed by atoms with Crippen LogP contribution in [0.3, 0.4) is 0 Å². The fourth-order valence-electron chi connectivity index (χ4n) is 2.29. The van der Waals surface area contributed by atoms with Crippen LogP contribution in [0.1, 0.15) is 15.2 Å². The second kappa shape index (κ2) is 6.78. The molecule has 0 bridgehead atoms. The molecule has 0 aliphatic heterocycles. The van der Waals surface area contributed by atoms with E-state index < -0.39 is 0 Å². The second-order valence-corrected chi connectivity index (χ2v) is 7.82. The van der Waals surface area contributed by atoms with E-state index >= 15 is 0 Å². The van der Waals surface area contributed by atoms with Gasteiger partial charge in [-0.15, -0.1) is 11.3 Å². The molecule has 0 saturated heterocycles. The first-order valence-electron chi connectivity index (χ1n) is 7.56. The van der Waals surface area contributed by atoms with Crippen LogP contribution < -0.4 is 9.80 Å². The van der Waals surface area contributed by atoms with Gasteiger partial charge in [0.05, 0.1) is 42.3 Å². The Bertz CT molecular complexity index is 808. The molecule has 1 amide bonds. The van der Waals surface area contributed by atoms with Gasteiger partial charge in [-0.25, -0.2) is 4.98 Å². The molecule has 0 aliphatic rings. The van der Waals surface area contributed by atoms with Crippen molar-refractivity contribution in [2.75, 3.05) is 32.1 Å². The lowest BCUT2D eigenvalue weighted by Crippen LogP contribution is -3.06. The summed E-state index contributed by atoms with van der Waals surface area (Å²) in [7, 11) is 4.19. The van der Waals surface area contributed by atoms with E-state index in [2.05, 4.69) is 38.1 Å². The summed E-state index contributed by atoms with van der Waals surface area (Å²) in [6, 6.07) is 9.99. The number of nitrogens with one attached hydrogen (secondary N) is 1. The Hall–Kier alpha value is -1.76. The maximum atomic E-state index is 12.9. The molecule has 0 atom stereocenters. The van der Waals surface area contributed by atoms with E-state index in [0.29, 0.717) is 6.54 Å². The first-order chi connectivity index (χ1) is 11.0. The van der Waals surface area contributed by atoms with Gasteiger partial charge >= 0.3 is 0 Å². The Morgan fingerprint density at radius 2 is 2.13 bits per heavy atom. The number of benzene rings is 1. The lowest BCUT2D eigenvalue weighted by Gasteiger charge is -2.19. The van der Waals surface area contributed by atoms with Crippen molar-refractivity contribution in [3.8, 4) is 0 Å². The Morgan fingerprint density at radius 3 is 2.83 bits per heavy atom. The number of hydrogen-bond acceptors (Lipinski definition) is 4. The van der Waals surface area contributed by atoms with E-state index in [1.807, 2.05) is 28.5 Å². The van der Waals surface area contributed by atoms with Crippen molar-refractivity contribution in [3.05, 3.63) is 46.2 Å². The fraction of sp³-hybridized carbons (Fsp3) is 0.294. The van der Waals surface area contributed by atoms with Gasteiger partial charge in [-0.3, -0.25) is 9.69 Å². The minimum absolute atomic E-state index is 0.0389. The summed E-state index contributed by atoms with van der Waals surface area (Å²) in [6.45, 7) is 3.62. The number of quaternary nitrogens is 1. The zero-order chi connectivity index (χ0) is 16.4. The summed E-state index contributed by atoms with van der Waals surface area (Å²) in [6.07, 6.45) is 0. The van der Waals surface area contributed by atoms with Gasteiger partial charge in [0.15, 0.2) is 5.13 Å². The third kappa shape index (κ3) is 3.60. The number of rotatable bonds is 5. The molecule has 0 saturated carbocycles. The molecular weight excluding hydrogens is 326 g/mol. The number of carbonyl (C=O) groups excluding carboxylic acids is 1. The Balaban J connectivity index is 1.96. The van der Waals surface area contributed by atoms with Crippen molar-refractivity contribution in [2.45, 2.75) is 6.92 Å².